The third-order valence-electron chi connectivity index (χ3n) is 4.70. The number of rotatable bonds is 4. The Morgan fingerprint density at radius 1 is 1.00 bits per heavy atom. The molecule has 0 spiro atoms. The number of carbonyl (C=O) groups is 3. The van der Waals surface area contributed by atoms with Crippen LogP contribution in [0, 0.1) is 5.82 Å². The van der Waals surface area contributed by atoms with Crippen LogP contribution in [-0.4, -0.2) is 22.4 Å². The van der Waals surface area contributed by atoms with Gasteiger partial charge < -0.3 is 4.57 Å². The van der Waals surface area contributed by atoms with Gasteiger partial charge in [-0.1, -0.05) is 29.3 Å². The van der Waals surface area contributed by atoms with Crippen LogP contribution in [0.1, 0.15) is 11.3 Å². The lowest BCUT2D eigenvalue weighted by molar-refractivity contribution is -0.122. The van der Waals surface area contributed by atoms with Crippen molar-refractivity contribution in [3.8, 4) is 0 Å². The van der Waals surface area contributed by atoms with E-state index in [1.54, 1.807) is 41.1 Å². The lowest BCUT2D eigenvalue weighted by Crippen LogP contribution is -2.54. The van der Waals surface area contributed by atoms with Gasteiger partial charge >= 0.3 is 6.03 Å². The molecule has 9 heteroatoms. The maximum Gasteiger partial charge on any atom is 0.335 e. The topological polar surface area (TPSA) is 71.4 Å². The highest BCUT2D eigenvalue weighted by Gasteiger charge is 2.37. The number of aromatic nitrogens is 1. The molecule has 1 aromatic heterocycles. The molecule has 0 radical (unpaired) electrons. The molecule has 0 atom stereocenters. The second kappa shape index (κ2) is 8.37. The molecule has 1 aliphatic heterocycles. The van der Waals surface area contributed by atoms with Crippen molar-refractivity contribution in [1.82, 2.24) is 9.88 Å². The number of imide groups is 2. The van der Waals surface area contributed by atoms with Gasteiger partial charge in [-0.25, -0.2) is 14.1 Å². The van der Waals surface area contributed by atoms with Gasteiger partial charge in [0.05, 0.1) is 5.69 Å². The molecule has 1 N–H and O–H groups in total. The minimum Gasteiger partial charge on any atom is -0.343 e. The fourth-order valence-corrected chi connectivity index (χ4v) is 3.63. The molecule has 4 rings (SSSR count). The largest absolute Gasteiger partial charge is 0.343 e. The number of benzene rings is 2. The second-order valence-corrected chi connectivity index (χ2v) is 7.57. The quantitative estimate of drug-likeness (QED) is 0.457. The van der Waals surface area contributed by atoms with E-state index in [9.17, 15) is 18.8 Å². The zero-order valence-electron chi connectivity index (χ0n) is 15.8. The lowest BCUT2D eigenvalue weighted by atomic mass is 10.1. The highest BCUT2D eigenvalue weighted by atomic mass is 35.5. The van der Waals surface area contributed by atoms with Crippen LogP contribution in [0.5, 0.6) is 0 Å². The Morgan fingerprint density at radius 2 is 1.74 bits per heavy atom. The molecule has 2 aromatic carbocycles. The van der Waals surface area contributed by atoms with Crippen LogP contribution in [0.25, 0.3) is 6.08 Å². The van der Waals surface area contributed by atoms with E-state index in [4.69, 9.17) is 23.2 Å². The third-order valence-corrected chi connectivity index (χ3v) is 5.29. The van der Waals surface area contributed by atoms with E-state index in [0.717, 1.165) is 22.6 Å². The summed E-state index contributed by atoms with van der Waals surface area (Å²) in [5, 5.41) is 3.14. The van der Waals surface area contributed by atoms with Gasteiger partial charge in [-0.2, -0.15) is 0 Å². The summed E-state index contributed by atoms with van der Waals surface area (Å²) in [6.07, 6.45) is 3.16. The Kier molecular flexibility index (Phi) is 5.63. The third kappa shape index (κ3) is 4.23. The van der Waals surface area contributed by atoms with Crippen molar-refractivity contribution in [2.24, 2.45) is 0 Å². The van der Waals surface area contributed by atoms with Crippen LogP contribution in [0.15, 0.2) is 66.4 Å². The number of barbiturate groups is 1. The predicted octanol–water partition coefficient (Wildman–Crippen LogP) is 4.65. The first-order valence-electron chi connectivity index (χ1n) is 9.09. The monoisotopic (exact) mass is 457 g/mol. The van der Waals surface area contributed by atoms with Gasteiger partial charge in [0.25, 0.3) is 11.8 Å². The Labute approximate surface area is 186 Å². The number of nitrogens with one attached hydrogen (secondary N) is 1. The molecular formula is C22H14Cl2FN3O3. The van der Waals surface area contributed by atoms with Crippen molar-refractivity contribution in [2.45, 2.75) is 6.54 Å². The summed E-state index contributed by atoms with van der Waals surface area (Å²) >= 11 is 12.2. The molecule has 1 saturated heterocycles. The highest BCUT2D eigenvalue weighted by Crippen LogP contribution is 2.25. The van der Waals surface area contributed by atoms with Crippen molar-refractivity contribution in [3.63, 3.8) is 0 Å². The molecule has 0 bridgehead atoms. The Morgan fingerprint density at radius 3 is 2.45 bits per heavy atom. The van der Waals surface area contributed by atoms with Crippen molar-refractivity contribution in [1.29, 1.82) is 0 Å². The average molecular weight is 458 g/mol. The van der Waals surface area contributed by atoms with E-state index in [0.29, 0.717) is 22.3 Å². The SMILES string of the molecule is O=C1NC(=O)N(c2ccc(F)cc2)C(=O)/C1=C/c1cccn1Cc1ccc(Cl)cc1Cl. The van der Waals surface area contributed by atoms with Crippen molar-refractivity contribution in [2.75, 3.05) is 4.90 Å². The number of amides is 4. The number of hydrogen-bond acceptors (Lipinski definition) is 3. The summed E-state index contributed by atoms with van der Waals surface area (Å²) in [7, 11) is 0. The van der Waals surface area contributed by atoms with Crippen LogP contribution in [0.2, 0.25) is 10.0 Å². The summed E-state index contributed by atoms with van der Waals surface area (Å²) in [5.74, 6) is -2.14. The van der Waals surface area contributed by atoms with Gasteiger partial charge in [-0.05, 0) is 60.2 Å². The summed E-state index contributed by atoms with van der Waals surface area (Å²) < 4.78 is 15.0. The minimum absolute atomic E-state index is 0.144. The highest BCUT2D eigenvalue weighted by molar-refractivity contribution is 6.39. The van der Waals surface area contributed by atoms with Gasteiger partial charge in [0.1, 0.15) is 11.4 Å². The lowest BCUT2D eigenvalue weighted by Gasteiger charge is -2.26. The number of urea groups is 1. The van der Waals surface area contributed by atoms with Crippen molar-refractivity contribution >= 4 is 52.8 Å². The van der Waals surface area contributed by atoms with Crippen molar-refractivity contribution in [3.05, 3.63) is 93.5 Å². The molecule has 1 fully saturated rings. The first-order valence-corrected chi connectivity index (χ1v) is 9.85. The molecule has 6 nitrogen and oxygen atoms in total. The normalized spacial score (nSPS) is 15.5. The van der Waals surface area contributed by atoms with Gasteiger partial charge in [-0.15, -0.1) is 0 Å². The summed E-state index contributed by atoms with van der Waals surface area (Å²) in [6.45, 7) is 0.374. The molecule has 1 aliphatic rings. The standard InChI is InChI=1S/C22H14Cl2FN3O3/c23-14-4-3-13(19(24)10-14)12-27-9-1-2-17(27)11-18-20(29)26-22(31)28(21(18)30)16-7-5-15(25)6-8-16/h1-11H,12H2,(H,26,29,31)/b18-11+. The molecule has 0 saturated carbocycles. The van der Waals surface area contributed by atoms with Crippen molar-refractivity contribution < 1.29 is 18.8 Å². The Balaban J connectivity index is 1.67. The fourth-order valence-electron chi connectivity index (χ4n) is 3.17. The maximum atomic E-state index is 13.2. The summed E-state index contributed by atoms with van der Waals surface area (Å²) in [4.78, 5) is 38.4. The number of nitrogens with zero attached hydrogens (tertiary/aromatic N) is 2. The van der Waals surface area contributed by atoms with Crippen LogP contribution < -0.4 is 10.2 Å². The Hall–Kier alpha value is -3.42. The van der Waals surface area contributed by atoms with Crippen LogP contribution >= 0.6 is 23.2 Å². The smallest absolute Gasteiger partial charge is 0.335 e. The first kappa shape index (κ1) is 20.8. The van der Waals surface area contributed by atoms with E-state index in [1.165, 1.54) is 18.2 Å². The van der Waals surface area contributed by atoms with Crippen LogP contribution in [0.4, 0.5) is 14.9 Å². The molecule has 3 aromatic rings. The molecule has 0 unspecified atom stereocenters. The molecule has 156 valence electrons. The molecular weight excluding hydrogens is 444 g/mol. The maximum absolute atomic E-state index is 13.2. The van der Waals surface area contributed by atoms with E-state index in [2.05, 4.69) is 5.32 Å². The van der Waals surface area contributed by atoms with Crippen LogP contribution in [0.3, 0.4) is 0 Å². The van der Waals surface area contributed by atoms with Crippen LogP contribution in [-0.2, 0) is 16.1 Å². The Bertz CT molecular complexity index is 1240. The van der Waals surface area contributed by atoms with Gasteiger partial charge in [0.2, 0.25) is 0 Å². The molecule has 4 amide bonds. The molecule has 2 heterocycles. The van der Waals surface area contributed by atoms with E-state index in [1.807, 2.05) is 0 Å². The van der Waals surface area contributed by atoms with E-state index in [-0.39, 0.29) is 11.3 Å². The predicted molar refractivity (Wildman–Crippen MR) is 115 cm³/mol. The number of carbonyl (C=O) groups excluding carboxylic acids is 3. The van der Waals surface area contributed by atoms with Gasteiger partial charge in [0.15, 0.2) is 0 Å². The molecule has 0 aliphatic carbocycles. The summed E-state index contributed by atoms with van der Waals surface area (Å²) in [6, 6.07) is 12.5. The van der Waals surface area contributed by atoms with E-state index < -0.39 is 23.7 Å². The zero-order chi connectivity index (χ0) is 22.1. The average Bonchev–Trinajstić information content (AvgIpc) is 3.15. The second-order valence-electron chi connectivity index (χ2n) is 6.73. The zero-order valence-corrected chi connectivity index (χ0v) is 17.3. The molecule has 31 heavy (non-hydrogen) atoms. The number of hydrogen-bond donors (Lipinski definition) is 1. The fraction of sp³-hybridized carbons (Fsp3) is 0.0455. The number of anilines is 1. The number of halogens is 3. The first-order chi connectivity index (χ1) is 14.8. The van der Waals surface area contributed by atoms with E-state index >= 15 is 0 Å². The van der Waals surface area contributed by atoms with Gasteiger partial charge in [-0.3, -0.25) is 14.9 Å². The van der Waals surface area contributed by atoms with Gasteiger partial charge in [0, 0.05) is 28.5 Å². The minimum atomic E-state index is -0.901. The summed E-state index contributed by atoms with van der Waals surface area (Å²) in [5.41, 5.74) is 1.26.